The van der Waals surface area contributed by atoms with Crippen molar-refractivity contribution in [3.05, 3.63) is 0 Å². The lowest BCUT2D eigenvalue weighted by atomic mass is 9.75. The first-order chi connectivity index (χ1) is 7.43. The molecule has 1 saturated carbocycles. The van der Waals surface area contributed by atoms with Crippen molar-refractivity contribution >= 4 is 5.91 Å². The minimum Gasteiger partial charge on any atom is -0.346 e. The van der Waals surface area contributed by atoms with Gasteiger partial charge in [-0.2, -0.15) is 0 Å². The van der Waals surface area contributed by atoms with E-state index in [1.165, 1.54) is 6.42 Å². The summed E-state index contributed by atoms with van der Waals surface area (Å²) in [6, 6.07) is 0. The first-order valence-corrected chi connectivity index (χ1v) is 6.10. The van der Waals surface area contributed by atoms with E-state index in [-0.39, 0.29) is 11.4 Å². The maximum atomic E-state index is 11.9. The Kier molecular flexibility index (Phi) is 4.74. The fourth-order valence-corrected chi connectivity index (χ4v) is 1.99. The topological polar surface area (TPSA) is 49.6 Å². The minimum atomic E-state index is -0.188. The predicted molar refractivity (Wildman–Crippen MR) is 66.2 cm³/mol. The zero-order chi connectivity index (χ0) is 12.2. The highest BCUT2D eigenvalue weighted by molar-refractivity contribution is 5.77. The van der Waals surface area contributed by atoms with Crippen molar-refractivity contribution in [2.45, 2.75) is 37.6 Å². The van der Waals surface area contributed by atoms with Crippen molar-refractivity contribution < 1.29 is 4.79 Å². The molecule has 0 heterocycles. The molecule has 1 rings (SSSR count). The Morgan fingerprint density at radius 2 is 1.88 bits per heavy atom. The Balaban J connectivity index is 2.20. The highest BCUT2D eigenvalue weighted by Crippen LogP contribution is 2.32. The second-order valence-corrected chi connectivity index (χ2v) is 5.36. The maximum absolute atomic E-state index is 11.9. The van der Waals surface area contributed by atoms with Crippen LogP contribution in [0.4, 0.5) is 0 Å². The lowest BCUT2D eigenvalue weighted by Gasteiger charge is -2.38. The summed E-state index contributed by atoms with van der Waals surface area (Å²) >= 11 is 0. The molecule has 1 amide bonds. The third-order valence-corrected chi connectivity index (χ3v) is 3.38. The maximum Gasteiger partial charge on any atom is 0.224 e. The van der Waals surface area contributed by atoms with Crippen molar-refractivity contribution in [3.63, 3.8) is 0 Å². The summed E-state index contributed by atoms with van der Waals surface area (Å²) in [6.07, 6.45) is 4.72. The molecule has 0 atom stereocenters. The summed E-state index contributed by atoms with van der Waals surface area (Å²) in [4.78, 5) is 15.8. The molecule has 0 saturated heterocycles. The highest BCUT2D eigenvalue weighted by atomic mass is 16.2. The molecule has 0 aromatic carbocycles. The summed E-state index contributed by atoms with van der Waals surface area (Å²) in [5.74, 6) is 0.195. The number of amides is 1. The van der Waals surface area contributed by atoms with Gasteiger partial charge in [-0.15, -0.1) is 0 Å². The molecule has 0 radical (unpaired) electrons. The van der Waals surface area contributed by atoms with Gasteiger partial charge in [0.1, 0.15) is 0 Å². The lowest BCUT2D eigenvalue weighted by Crippen LogP contribution is -2.50. The Bertz CT molecular complexity index is 236. The van der Waals surface area contributed by atoms with Gasteiger partial charge in [0.2, 0.25) is 5.91 Å². The second kappa shape index (κ2) is 5.64. The zero-order valence-electron chi connectivity index (χ0n) is 10.8. The SMILES string of the molecule is CN(C)CCCN(C)C(=O)CC1(N)CCC1. The molecule has 1 aliphatic rings. The van der Waals surface area contributed by atoms with Gasteiger partial charge in [0.25, 0.3) is 0 Å². The van der Waals surface area contributed by atoms with E-state index < -0.39 is 0 Å². The van der Waals surface area contributed by atoms with Crippen LogP contribution < -0.4 is 5.73 Å². The number of carbonyl (C=O) groups is 1. The summed E-state index contributed by atoms with van der Waals surface area (Å²) < 4.78 is 0. The quantitative estimate of drug-likeness (QED) is 0.725. The van der Waals surface area contributed by atoms with E-state index in [4.69, 9.17) is 5.73 Å². The molecule has 0 unspecified atom stereocenters. The van der Waals surface area contributed by atoms with Crippen LogP contribution in [-0.4, -0.2) is 55.5 Å². The molecular formula is C12H25N3O. The summed E-state index contributed by atoms with van der Waals surface area (Å²) in [5.41, 5.74) is 5.88. The average molecular weight is 227 g/mol. The monoisotopic (exact) mass is 227 g/mol. The minimum absolute atomic E-state index is 0.188. The van der Waals surface area contributed by atoms with Crippen LogP contribution in [0, 0.1) is 0 Å². The highest BCUT2D eigenvalue weighted by Gasteiger charge is 2.35. The number of hydrogen-bond donors (Lipinski definition) is 1. The molecule has 0 aromatic heterocycles. The van der Waals surface area contributed by atoms with Gasteiger partial charge in [0.15, 0.2) is 0 Å². The van der Waals surface area contributed by atoms with Crippen LogP contribution in [0.3, 0.4) is 0 Å². The number of hydrogen-bond acceptors (Lipinski definition) is 3. The van der Waals surface area contributed by atoms with E-state index in [1.807, 2.05) is 26.0 Å². The van der Waals surface area contributed by atoms with Crippen LogP contribution in [0.15, 0.2) is 0 Å². The van der Waals surface area contributed by atoms with Crippen molar-refractivity contribution in [2.24, 2.45) is 5.73 Å². The molecule has 1 aliphatic carbocycles. The normalized spacial score (nSPS) is 18.3. The summed E-state index contributed by atoms with van der Waals surface area (Å²) in [7, 11) is 5.97. The number of nitrogens with zero attached hydrogens (tertiary/aromatic N) is 2. The van der Waals surface area contributed by atoms with Gasteiger partial charge in [-0.3, -0.25) is 4.79 Å². The smallest absolute Gasteiger partial charge is 0.224 e. The van der Waals surface area contributed by atoms with Gasteiger partial charge in [-0.25, -0.2) is 0 Å². The first kappa shape index (κ1) is 13.5. The van der Waals surface area contributed by atoms with Gasteiger partial charge < -0.3 is 15.5 Å². The van der Waals surface area contributed by atoms with Crippen molar-refractivity contribution in [1.82, 2.24) is 9.80 Å². The molecule has 4 heteroatoms. The summed E-state index contributed by atoms with van der Waals surface area (Å²) in [5, 5.41) is 0. The van der Waals surface area contributed by atoms with E-state index in [0.29, 0.717) is 6.42 Å². The van der Waals surface area contributed by atoms with E-state index in [2.05, 4.69) is 4.90 Å². The zero-order valence-corrected chi connectivity index (χ0v) is 10.8. The van der Waals surface area contributed by atoms with E-state index >= 15 is 0 Å². The molecular weight excluding hydrogens is 202 g/mol. The van der Waals surface area contributed by atoms with Gasteiger partial charge in [0.05, 0.1) is 0 Å². The van der Waals surface area contributed by atoms with Crippen molar-refractivity contribution in [1.29, 1.82) is 0 Å². The van der Waals surface area contributed by atoms with Gasteiger partial charge in [-0.1, -0.05) is 0 Å². The predicted octanol–water partition coefficient (Wildman–Crippen LogP) is 0.668. The van der Waals surface area contributed by atoms with Gasteiger partial charge in [0, 0.05) is 25.6 Å². The third kappa shape index (κ3) is 4.10. The fourth-order valence-electron chi connectivity index (χ4n) is 1.99. The number of nitrogens with two attached hydrogens (primary N) is 1. The second-order valence-electron chi connectivity index (χ2n) is 5.36. The molecule has 0 spiro atoms. The van der Waals surface area contributed by atoms with E-state index in [0.717, 1.165) is 32.4 Å². The molecule has 16 heavy (non-hydrogen) atoms. The molecule has 0 aliphatic heterocycles. The Labute approximate surface area is 98.8 Å². The summed E-state index contributed by atoms with van der Waals surface area (Å²) in [6.45, 7) is 1.85. The first-order valence-electron chi connectivity index (χ1n) is 6.10. The average Bonchev–Trinajstić information content (AvgIpc) is 2.14. The van der Waals surface area contributed by atoms with Crippen LogP contribution in [-0.2, 0) is 4.79 Å². The van der Waals surface area contributed by atoms with Crippen LogP contribution in [0.25, 0.3) is 0 Å². The Morgan fingerprint density at radius 1 is 1.25 bits per heavy atom. The molecule has 4 nitrogen and oxygen atoms in total. The molecule has 1 fully saturated rings. The molecule has 2 N–H and O–H groups in total. The lowest BCUT2D eigenvalue weighted by molar-refractivity contribution is -0.132. The van der Waals surface area contributed by atoms with Crippen LogP contribution >= 0.6 is 0 Å². The third-order valence-electron chi connectivity index (χ3n) is 3.38. The molecule has 0 bridgehead atoms. The molecule has 0 aromatic rings. The van der Waals surface area contributed by atoms with Crippen LogP contribution in [0.2, 0.25) is 0 Å². The standard InChI is InChI=1S/C12H25N3O/c1-14(2)8-5-9-15(3)11(16)10-12(13)6-4-7-12/h4-10,13H2,1-3H3. The fraction of sp³-hybridized carbons (Fsp3) is 0.917. The van der Waals surface area contributed by atoms with Crippen LogP contribution in [0.1, 0.15) is 32.1 Å². The Morgan fingerprint density at radius 3 is 2.31 bits per heavy atom. The van der Waals surface area contributed by atoms with Gasteiger partial charge in [-0.05, 0) is 46.3 Å². The van der Waals surface area contributed by atoms with E-state index in [9.17, 15) is 4.79 Å². The molecule has 94 valence electrons. The van der Waals surface area contributed by atoms with Crippen molar-refractivity contribution in [2.75, 3.05) is 34.2 Å². The number of carbonyl (C=O) groups excluding carboxylic acids is 1. The Hall–Kier alpha value is -0.610. The van der Waals surface area contributed by atoms with E-state index in [1.54, 1.807) is 0 Å². The largest absolute Gasteiger partial charge is 0.346 e. The number of rotatable bonds is 6. The van der Waals surface area contributed by atoms with Crippen molar-refractivity contribution in [3.8, 4) is 0 Å². The van der Waals surface area contributed by atoms with Gasteiger partial charge >= 0.3 is 0 Å². The van der Waals surface area contributed by atoms with Crippen LogP contribution in [0.5, 0.6) is 0 Å².